The lowest BCUT2D eigenvalue weighted by molar-refractivity contribution is 0.109. The maximum absolute atomic E-state index is 9.03. The Kier molecular flexibility index (Phi) is 3.28. The van der Waals surface area contributed by atoms with Gasteiger partial charge < -0.3 is 9.84 Å². The fraction of sp³-hybridized carbons (Fsp3) is 0.636. The van der Waals surface area contributed by atoms with Gasteiger partial charge in [-0.1, -0.05) is 0 Å². The molecule has 1 N–H and O–H groups in total. The topological polar surface area (TPSA) is 55.2 Å². The second-order valence-electron chi connectivity index (χ2n) is 3.91. The van der Waals surface area contributed by atoms with Crippen LogP contribution >= 0.6 is 0 Å². The predicted molar refractivity (Wildman–Crippen MR) is 55.4 cm³/mol. The molecule has 0 bridgehead atoms. The molecule has 2 rings (SSSR count). The number of nitrogens with zero attached hydrogens (tertiary/aromatic N) is 2. The van der Waals surface area contributed by atoms with Crippen molar-refractivity contribution in [2.45, 2.75) is 38.9 Å². The normalized spacial score (nSPS) is 20.8. The van der Waals surface area contributed by atoms with Crippen molar-refractivity contribution < 1.29 is 9.84 Å². The number of aromatic nitrogens is 2. The lowest BCUT2D eigenvalue weighted by Crippen LogP contribution is -2.13. The van der Waals surface area contributed by atoms with Gasteiger partial charge in [-0.15, -0.1) is 0 Å². The minimum Gasteiger partial charge on any atom is -0.390 e. The van der Waals surface area contributed by atoms with E-state index in [0.717, 1.165) is 37.4 Å². The van der Waals surface area contributed by atoms with E-state index in [0.29, 0.717) is 5.69 Å². The molecule has 2 heterocycles. The zero-order valence-electron chi connectivity index (χ0n) is 8.94. The van der Waals surface area contributed by atoms with Crippen molar-refractivity contribution in [1.29, 1.82) is 0 Å². The molecular formula is C11H16N2O2. The van der Waals surface area contributed by atoms with Crippen molar-refractivity contribution in [3.05, 3.63) is 23.3 Å². The fourth-order valence-corrected chi connectivity index (χ4v) is 1.88. The first kappa shape index (κ1) is 10.5. The summed E-state index contributed by atoms with van der Waals surface area (Å²) >= 11 is 0. The van der Waals surface area contributed by atoms with Crippen LogP contribution in [0.2, 0.25) is 0 Å². The van der Waals surface area contributed by atoms with Crippen molar-refractivity contribution in [2.75, 3.05) is 6.61 Å². The molecule has 4 nitrogen and oxygen atoms in total. The largest absolute Gasteiger partial charge is 0.390 e. The first-order chi connectivity index (χ1) is 7.28. The highest BCUT2D eigenvalue weighted by molar-refractivity contribution is 5.09. The molecule has 0 saturated carbocycles. The Hall–Kier alpha value is -1.00. The zero-order chi connectivity index (χ0) is 10.7. The Morgan fingerprint density at radius 3 is 3.07 bits per heavy atom. The lowest BCUT2D eigenvalue weighted by atomic mass is 10.1. The molecule has 0 aliphatic carbocycles. The third kappa shape index (κ3) is 2.73. The number of hydrogen-bond acceptors (Lipinski definition) is 4. The molecule has 1 fully saturated rings. The molecule has 82 valence electrons. The second-order valence-corrected chi connectivity index (χ2v) is 3.91. The number of aliphatic hydroxyl groups excluding tert-OH is 1. The van der Waals surface area contributed by atoms with Gasteiger partial charge in [-0.3, -0.25) is 0 Å². The van der Waals surface area contributed by atoms with E-state index in [1.165, 1.54) is 0 Å². The molecule has 1 aliphatic heterocycles. The summed E-state index contributed by atoms with van der Waals surface area (Å²) in [6.07, 6.45) is 3.24. The molecule has 1 aromatic rings. The number of hydrogen-bond donors (Lipinski definition) is 1. The average Bonchev–Trinajstić information content (AvgIpc) is 2.69. The van der Waals surface area contributed by atoms with Gasteiger partial charge in [0.05, 0.1) is 18.4 Å². The standard InChI is InChI=1S/C11H16N2O2/c1-8-5-9(7-14)13-11(12-8)6-10-3-2-4-15-10/h5,10,14H,2-4,6-7H2,1H3. The summed E-state index contributed by atoms with van der Waals surface area (Å²) in [4.78, 5) is 8.62. The first-order valence-corrected chi connectivity index (χ1v) is 5.34. The van der Waals surface area contributed by atoms with E-state index < -0.39 is 0 Å². The number of ether oxygens (including phenoxy) is 1. The summed E-state index contributed by atoms with van der Waals surface area (Å²) < 4.78 is 5.53. The Morgan fingerprint density at radius 2 is 2.40 bits per heavy atom. The van der Waals surface area contributed by atoms with Gasteiger partial charge in [0.1, 0.15) is 5.82 Å². The molecule has 0 spiro atoms. The van der Waals surface area contributed by atoms with Gasteiger partial charge in [-0.05, 0) is 25.8 Å². The van der Waals surface area contributed by atoms with Crippen molar-refractivity contribution in [3.8, 4) is 0 Å². The highest BCUT2D eigenvalue weighted by Gasteiger charge is 2.17. The van der Waals surface area contributed by atoms with Gasteiger partial charge in [0, 0.05) is 18.7 Å². The fourth-order valence-electron chi connectivity index (χ4n) is 1.88. The van der Waals surface area contributed by atoms with Crippen LogP contribution in [0.3, 0.4) is 0 Å². The highest BCUT2D eigenvalue weighted by atomic mass is 16.5. The zero-order valence-corrected chi connectivity index (χ0v) is 8.94. The maximum atomic E-state index is 9.03. The molecule has 4 heteroatoms. The van der Waals surface area contributed by atoms with Crippen LogP contribution in [-0.2, 0) is 17.8 Å². The van der Waals surface area contributed by atoms with Crippen molar-refractivity contribution in [3.63, 3.8) is 0 Å². The van der Waals surface area contributed by atoms with Crippen molar-refractivity contribution >= 4 is 0 Å². The summed E-state index contributed by atoms with van der Waals surface area (Å²) in [6.45, 7) is 2.74. The van der Waals surface area contributed by atoms with Crippen LogP contribution in [0.4, 0.5) is 0 Å². The van der Waals surface area contributed by atoms with Gasteiger partial charge in [-0.2, -0.15) is 0 Å². The van der Waals surface area contributed by atoms with Crippen LogP contribution in [0.1, 0.15) is 30.1 Å². The van der Waals surface area contributed by atoms with E-state index in [4.69, 9.17) is 9.84 Å². The molecule has 0 radical (unpaired) electrons. The van der Waals surface area contributed by atoms with Crippen LogP contribution < -0.4 is 0 Å². The van der Waals surface area contributed by atoms with Crippen LogP contribution in [0.5, 0.6) is 0 Å². The summed E-state index contributed by atoms with van der Waals surface area (Å²) in [5, 5.41) is 9.03. The Morgan fingerprint density at radius 1 is 1.53 bits per heavy atom. The SMILES string of the molecule is Cc1cc(CO)nc(CC2CCCO2)n1. The number of rotatable bonds is 3. The Balaban J connectivity index is 2.09. The molecule has 1 aliphatic rings. The first-order valence-electron chi connectivity index (χ1n) is 5.34. The minimum atomic E-state index is -0.0259. The monoisotopic (exact) mass is 208 g/mol. The summed E-state index contributed by atoms with van der Waals surface area (Å²) in [5.41, 5.74) is 1.59. The van der Waals surface area contributed by atoms with E-state index in [-0.39, 0.29) is 12.7 Å². The third-order valence-corrected chi connectivity index (χ3v) is 2.55. The molecule has 1 atom stereocenters. The molecule has 0 aromatic carbocycles. The van der Waals surface area contributed by atoms with E-state index >= 15 is 0 Å². The summed E-state index contributed by atoms with van der Waals surface area (Å²) in [7, 11) is 0. The number of aryl methyl sites for hydroxylation is 1. The quantitative estimate of drug-likeness (QED) is 0.805. The average molecular weight is 208 g/mol. The van der Waals surface area contributed by atoms with Crippen LogP contribution in [0.15, 0.2) is 6.07 Å². The van der Waals surface area contributed by atoms with E-state index in [1.807, 2.05) is 6.92 Å². The van der Waals surface area contributed by atoms with E-state index in [1.54, 1.807) is 6.07 Å². The highest BCUT2D eigenvalue weighted by Crippen LogP contribution is 2.15. The Bertz CT molecular complexity index is 335. The molecule has 1 aromatic heterocycles. The number of aliphatic hydroxyl groups is 1. The second kappa shape index (κ2) is 4.68. The van der Waals surface area contributed by atoms with Gasteiger partial charge >= 0.3 is 0 Å². The van der Waals surface area contributed by atoms with Gasteiger partial charge in [0.15, 0.2) is 0 Å². The van der Waals surface area contributed by atoms with Gasteiger partial charge in [0.25, 0.3) is 0 Å². The van der Waals surface area contributed by atoms with Crippen molar-refractivity contribution in [1.82, 2.24) is 9.97 Å². The van der Waals surface area contributed by atoms with Crippen LogP contribution in [0, 0.1) is 6.92 Å². The van der Waals surface area contributed by atoms with E-state index in [9.17, 15) is 0 Å². The molecular weight excluding hydrogens is 192 g/mol. The van der Waals surface area contributed by atoms with E-state index in [2.05, 4.69) is 9.97 Å². The van der Waals surface area contributed by atoms with Crippen LogP contribution in [0.25, 0.3) is 0 Å². The van der Waals surface area contributed by atoms with Crippen LogP contribution in [-0.4, -0.2) is 27.8 Å². The molecule has 1 unspecified atom stereocenters. The van der Waals surface area contributed by atoms with Crippen molar-refractivity contribution in [2.24, 2.45) is 0 Å². The minimum absolute atomic E-state index is 0.0259. The molecule has 0 amide bonds. The molecule has 1 saturated heterocycles. The predicted octanol–water partition coefficient (Wildman–Crippen LogP) is 0.999. The summed E-state index contributed by atoms with van der Waals surface area (Å²) in [6, 6.07) is 1.80. The maximum Gasteiger partial charge on any atom is 0.131 e. The smallest absolute Gasteiger partial charge is 0.131 e. The van der Waals surface area contributed by atoms with Gasteiger partial charge in [-0.25, -0.2) is 9.97 Å². The summed E-state index contributed by atoms with van der Waals surface area (Å²) in [5.74, 6) is 0.783. The van der Waals surface area contributed by atoms with Gasteiger partial charge in [0.2, 0.25) is 0 Å². The third-order valence-electron chi connectivity index (χ3n) is 2.55. The Labute approximate surface area is 89.3 Å². The molecule has 15 heavy (non-hydrogen) atoms. The lowest BCUT2D eigenvalue weighted by Gasteiger charge is -2.09.